The lowest BCUT2D eigenvalue weighted by Crippen LogP contribution is -2.52. The van der Waals surface area contributed by atoms with E-state index in [2.05, 4.69) is 13.8 Å². The van der Waals surface area contributed by atoms with Crippen LogP contribution in [0.5, 0.6) is 0 Å². The molecule has 0 radical (unpaired) electrons. The molecule has 0 spiro atoms. The molecule has 0 unspecified atom stereocenters. The summed E-state index contributed by atoms with van der Waals surface area (Å²) >= 11 is 0. The lowest BCUT2D eigenvalue weighted by Gasteiger charge is -2.44. The predicted molar refractivity (Wildman–Crippen MR) is 101 cm³/mol. The van der Waals surface area contributed by atoms with E-state index in [0.29, 0.717) is 0 Å². The fraction of sp³-hybridized carbons (Fsp3) is 1.00. The van der Waals surface area contributed by atoms with Gasteiger partial charge in [-0.2, -0.15) is 0 Å². The summed E-state index contributed by atoms with van der Waals surface area (Å²) in [4.78, 5) is 0. The van der Waals surface area contributed by atoms with E-state index in [1.54, 1.807) is 0 Å². The van der Waals surface area contributed by atoms with Crippen molar-refractivity contribution >= 4 is 8.56 Å². The molecular weight excluding hydrogens is 300 g/mol. The molecule has 3 heteroatoms. The molecule has 2 rings (SSSR count). The molecule has 0 aliphatic heterocycles. The third-order valence-electron chi connectivity index (χ3n) is 6.09. The minimum absolute atomic E-state index is 0.739. The second-order valence-corrected chi connectivity index (χ2v) is 11.3. The van der Waals surface area contributed by atoms with Gasteiger partial charge in [-0.25, -0.2) is 0 Å². The van der Waals surface area contributed by atoms with Gasteiger partial charge < -0.3 is 8.85 Å². The first-order valence-corrected chi connectivity index (χ1v) is 12.6. The molecule has 0 aromatic rings. The second-order valence-electron chi connectivity index (χ2n) is 7.67. The maximum absolute atomic E-state index is 6.63. The third-order valence-corrected chi connectivity index (χ3v) is 11.0. The Hall–Kier alpha value is 0.137. The topological polar surface area (TPSA) is 18.5 Å². The molecule has 2 fully saturated rings. The quantitative estimate of drug-likeness (QED) is 0.499. The van der Waals surface area contributed by atoms with Gasteiger partial charge in [0.25, 0.3) is 0 Å². The summed E-state index contributed by atoms with van der Waals surface area (Å²) in [5.41, 5.74) is 1.49. The molecule has 0 bridgehead atoms. The molecule has 0 aromatic heterocycles. The lowest BCUT2D eigenvalue weighted by atomic mass is 10.00. The van der Waals surface area contributed by atoms with E-state index in [9.17, 15) is 0 Å². The van der Waals surface area contributed by atoms with Gasteiger partial charge in [0.15, 0.2) is 0 Å². The van der Waals surface area contributed by atoms with E-state index in [4.69, 9.17) is 8.85 Å². The largest absolute Gasteiger partial charge is 0.394 e. The summed E-state index contributed by atoms with van der Waals surface area (Å²) in [5.74, 6) is 0. The van der Waals surface area contributed by atoms with Crippen LogP contribution < -0.4 is 0 Å². The molecule has 0 saturated heterocycles. The van der Waals surface area contributed by atoms with Crippen LogP contribution in [0.25, 0.3) is 0 Å². The molecule has 2 saturated carbocycles. The molecular formula is C20H40O2Si. The van der Waals surface area contributed by atoms with Crippen LogP contribution >= 0.6 is 0 Å². The average molecular weight is 341 g/mol. The van der Waals surface area contributed by atoms with E-state index in [1.165, 1.54) is 89.9 Å². The molecule has 2 aliphatic carbocycles. The fourth-order valence-corrected chi connectivity index (χ4v) is 10.0. The molecule has 0 N–H and O–H groups in total. The number of rotatable bonds is 6. The minimum Gasteiger partial charge on any atom is -0.394 e. The zero-order valence-corrected chi connectivity index (χ0v) is 16.8. The number of hydrogen-bond donors (Lipinski definition) is 0. The van der Waals surface area contributed by atoms with E-state index in [-0.39, 0.29) is 0 Å². The predicted octanol–water partition coefficient (Wildman–Crippen LogP) is 6.73. The van der Waals surface area contributed by atoms with Crippen molar-refractivity contribution in [2.45, 2.75) is 115 Å². The smallest absolute Gasteiger partial charge is 0.344 e. The van der Waals surface area contributed by atoms with Crippen LogP contribution in [0, 0.1) is 0 Å². The molecule has 0 amide bonds. The first-order valence-electron chi connectivity index (χ1n) is 10.6. The van der Waals surface area contributed by atoms with E-state index >= 15 is 0 Å². The molecule has 2 aliphatic rings. The molecule has 0 atom stereocenters. The van der Waals surface area contributed by atoms with Gasteiger partial charge in [-0.3, -0.25) is 0 Å². The average Bonchev–Trinajstić information content (AvgIpc) is 2.60. The zero-order valence-electron chi connectivity index (χ0n) is 15.8. The van der Waals surface area contributed by atoms with Gasteiger partial charge in [0.1, 0.15) is 0 Å². The lowest BCUT2D eigenvalue weighted by molar-refractivity contribution is 0.148. The van der Waals surface area contributed by atoms with Crippen molar-refractivity contribution in [3.63, 3.8) is 0 Å². The summed E-state index contributed by atoms with van der Waals surface area (Å²) in [6.45, 7) is 6.06. The Kier molecular flexibility index (Phi) is 9.21. The van der Waals surface area contributed by atoms with Crippen molar-refractivity contribution < 1.29 is 8.85 Å². The highest BCUT2D eigenvalue weighted by Crippen LogP contribution is 2.48. The standard InChI is InChI=1S/C20H40O2Si/c1-3-21-23(22-4-2,20-17-13-10-14-18-20)19-15-11-8-6-5-7-9-12-16-19/h19-20H,3-18H2,1-2H3. The molecule has 0 aromatic carbocycles. The van der Waals surface area contributed by atoms with Gasteiger partial charge in [0.2, 0.25) is 0 Å². The van der Waals surface area contributed by atoms with Crippen molar-refractivity contribution in [1.82, 2.24) is 0 Å². The van der Waals surface area contributed by atoms with Gasteiger partial charge in [0.05, 0.1) is 0 Å². The minimum atomic E-state index is -2.09. The van der Waals surface area contributed by atoms with Crippen LogP contribution in [0.2, 0.25) is 11.1 Å². The van der Waals surface area contributed by atoms with Crippen molar-refractivity contribution in [2.75, 3.05) is 13.2 Å². The zero-order chi connectivity index (χ0) is 16.4. The van der Waals surface area contributed by atoms with Gasteiger partial charge >= 0.3 is 8.56 Å². The first kappa shape index (κ1) is 19.5. The van der Waals surface area contributed by atoms with Crippen molar-refractivity contribution in [1.29, 1.82) is 0 Å². The molecule has 23 heavy (non-hydrogen) atoms. The summed E-state index contributed by atoms with van der Waals surface area (Å²) in [7, 11) is -2.09. The Labute approximate surface area is 146 Å². The summed E-state index contributed by atoms with van der Waals surface area (Å²) in [6, 6.07) is 0. The van der Waals surface area contributed by atoms with Gasteiger partial charge in [0, 0.05) is 24.3 Å². The SMILES string of the molecule is CCO[Si](OCC)(C1CCCCCCCCC1)C1CCCCC1. The summed E-state index contributed by atoms with van der Waals surface area (Å²) in [5, 5.41) is 0. The molecule has 136 valence electrons. The van der Waals surface area contributed by atoms with E-state index in [1.807, 2.05) is 0 Å². The van der Waals surface area contributed by atoms with Crippen LogP contribution in [0.1, 0.15) is 104 Å². The van der Waals surface area contributed by atoms with Crippen molar-refractivity contribution in [3.8, 4) is 0 Å². The number of hydrogen-bond acceptors (Lipinski definition) is 2. The van der Waals surface area contributed by atoms with Crippen molar-refractivity contribution in [3.05, 3.63) is 0 Å². The third kappa shape index (κ3) is 5.57. The van der Waals surface area contributed by atoms with Crippen LogP contribution in [0.3, 0.4) is 0 Å². The Balaban J connectivity index is 2.16. The van der Waals surface area contributed by atoms with Crippen LogP contribution in [-0.4, -0.2) is 21.8 Å². The van der Waals surface area contributed by atoms with E-state index < -0.39 is 8.56 Å². The Bertz CT molecular complexity index is 286. The van der Waals surface area contributed by atoms with E-state index in [0.717, 1.165) is 24.3 Å². The maximum atomic E-state index is 6.63. The highest BCUT2D eigenvalue weighted by molar-refractivity contribution is 6.70. The second kappa shape index (κ2) is 10.9. The normalized spacial score (nSPS) is 23.7. The Morgan fingerprint density at radius 2 is 0.870 bits per heavy atom. The van der Waals surface area contributed by atoms with Gasteiger partial charge in [-0.1, -0.05) is 64.2 Å². The highest BCUT2D eigenvalue weighted by atomic mass is 28.4. The molecule has 0 heterocycles. The molecule has 2 nitrogen and oxygen atoms in total. The van der Waals surface area contributed by atoms with Crippen LogP contribution in [0.15, 0.2) is 0 Å². The maximum Gasteiger partial charge on any atom is 0.344 e. The Morgan fingerprint density at radius 1 is 0.565 bits per heavy atom. The fourth-order valence-electron chi connectivity index (χ4n) is 5.01. The Morgan fingerprint density at radius 3 is 1.22 bits per heavy atom. The van der Waals surface area contributed by atoms with Crippen LogP contribution in [-0.2, 0) is 8.85 Å². The highest BCUT2D eigenvalue weighted by Gasteiger charge is 2.51. The summed E-state index contributed by atoms with van der Waals surface area (Å²) in [6.07, 6.45) is 19.6. The van der Waals surface area contributed by atoms with Crippen LogP contribution in [0.4, 0.5) is 0 Å². The van der Waals surface area contributed by atoms with Crippen molar-refractivity contribution in [2.24, 2.45) is 0 Å². The summed E-state index contributed by atoms with van der Waals surface area (Å²) < 4.78 is 13.3. The first-order chi connectivity index (χ1) is 11.3. The van der Waals surface area contributed by atoms with Gasteiger partial charge in [-0.05, 0) is 39.5 Å². The monoisotopic (exact) mass is 340 g/mol. The van der Waals surface area contributed by atoms with Gasteiger partial charge in [-0.15, -0.1) is 0 Å².